The molecule has 0 bridgehead atoms. The van der Waals surface area contributed by atoms with Crippen molar-refractivity contribution < 1.29 is 9.53 Å². The van der Waals surface area contributed by atoms with Crippen molar-refractivity contribution in [1.29, 1.82) is 0 Å². The summed E-state index contributed by atoms with van der Waals surface area (Å²) in [7, 11) is 0. The van der Waals surface area contributed by atoms with Crippen molar-refractivity contribution in [2.75, 3.05) is 0 Å². The summed E-state index contributed by atoms with van der Waals surface area (Å²) in [5.41, 5.74) is 1.22. The monoisotopic (exact) mass is 349 g/mol. The summed E-state index contributed by atoms with van der Waals surface area (Å²) in [6.07, 6.45) is 4.97. The van der Waals surface area contributed by atoms with Crippen LogP contribution in [0.4, 0.5) is 0 Å². The summed E-state index contributed by atoms with van der Waals surface area (Å²) in [6, 6.07) is 16.0. The third-order valence-corrected chi connectivity index (χ3v) is 4.04. The summed E-state index contributed by atoms with van der Waals surface area (Å²) in [5.74, 6) is 0.382. The number of benzene rings is 2. The summed E-state index contributed by atoms with van der Waals surface area (Å²) >= 11 is 6.35. The van der Waals surface area contributed by atoms with Gasteiger partial charge in [-0.2, -0.15) is 0 Å². The van der Waals surface area contributed by atoms with E-state index < -0.39 is 5.97 Å². The predicted molar refractivity (Wildman–Crippen MR) is 95.3 cm³/mol. The topological polar surface area (TPSA) is 57.0 Å². The minimum atomic E-state index is -0.450. The van der Waals surface area contributed by atoms with Crippen LogP contribution in [0.5, 0.6) is 5.75 Å². The van der Waals surface area contributed by atoms with Gasteiger partial charge >= 0.3 is 5.97 Å². The molecule has 2 heterocycles. The average Bonchev–Trinajstić information content (AvgIpc) is 3.03. The zero-order valence-corrected chi connectivity index (χ0v) is 13.7. The van der Waals surface area contributed by atoms with Crippen LogP contribution in [0.1, 0.15) is 10.4 Å². The number of aromatic nitrogens is 3. The first-order chi connectivity index (χ1) is 12.2. The summed E-state index contributed by atoms with van der Waals surface area (Å²) < 4.78 is 7.34. The average molecular weight is 350 g/mol. The third kappa shape index (κ3) is 2.86. The number of rotatable bonds is 3. The molecular weight excluding hydrogens is 338 g/mol. The van der Waals surface area contributed by atoms with Gasteiger partial charge in [-0.15, -0.1) is 0 Å². The van der Waals surface area contributed by atoms with Crippen molar-refractivity contribution in [2.24, 2.45) is 0 Å². The molecule has 2 aromatic carbocycles. The fraction of sp³-hybridized carbons (Fsp3) is 0. The second kappa shape index (κ2) is 6.37. The molecule has 0 saturated heterocycles. The smallest absolute Gasteiger partial charge is 0.343 e. The Morgan fingerprint density at radius 1 is 0.960 bits per heavy atom. The van der Waals surface area contributed by atoms with Crippen LogP contribution in [-0.4, -0.2) is 20.5 Å². The first kappa shape index (κ1) is 15.4. The lowest BCUT2D eigenvalue weighted by atomic mass is 10.2. The molecule has 0 fully saturated rings. The molecule has 2 aromatic heterocycles. The largest absolute Gasteiger partial charge is 0.421 e. The summed E-state index contributed by atoms with van der Waals surface area (Å²) in [4.78, 5) is 20.9. The maximum absolute atomic E-state index is 12.4. The number of hydrogen-bond acceptors (Lipinski definition) is 4. The van der Waals surface area contributed by atoms with Crippen LogP contribution >= 0.6 is 11.6 Å². The van der Waals surface area contributed by atoms with Crippen LogP contribution in [0.25, 0.3) is 16.9 Å². The number of esters is 1. The van der Waals surface area contributed by atoms with E-state index in [-0.39, 0.29) is 0 Å². The van der Waals surface area contributed by atoms with Gasteiger partial charge in [-0.1, -0.05) is 35.9 Å². The van der Waals surface area contributed by atoms with Crippen LogP contribution < -0.4 is 4.74 Å². The first-order valence-corrected chi connectivity index (χ1v) is 7.96. The molecule has 4 aromatic rings. The zero-order valence-electron chi connectivity index (χ0n) is 13.0. The van der Waals surface area contributed by atoms with E-state index in [0.717, 1.165) is 5.52 Å². The second-order valence-electron chi connectivity index (χ2n) is 5.30. The third-order valence-electron chi connectivity index (χ3n) is 3.72. The van der Waals surface area contributed by atoms with Crippen molar-refractivity contribution in [2.45, 2.75) is 0 Å². The Labute approximate surface area is 148 Å². The molecule has 0 atom stereocenters. The maximum Gasteiger partial charge on any atom is 0.343 e. The molecule has 0 saturated carbocycles. The van der Waals surface area contributed by atoms with Gasteiger partial charge in [0.25, 0.3) is 0 Å². The highest BCUT2D eigenvalue weighted by molar-refractivity contribution is 6.36. The highest BCUT2D eigenvalue weighted by Crippen LogP contribution is 2.35. The Balaban J connectivity index is 1.83. The van der Waals surface area contributed by atoms with Crippen molar-refractivity contribution in [3.63, 3.8) is 0 Å². The fourth-order valence-corrected chi connectivity index (χ4v) is 2.86. The molecule has 0 unspecified atom stereocenters. The van der Waals surface area contributed by atoms with Crippen molar-refractivity contribution >= 4 is 28.5 Å². The molecule has 0 spiro atoms. The fourth-order valence-electron chi connectivity index (χ4n) is 2.60. The van der Waals surface area contributed by atoms with E-state index in [0.29, 0.717) is 27.7 Å². The van der Waals surface area contributed by atoms with Crippen LogP contribution in [-0.2, 0) is 0 Å². The highest BCUT2D eigenvalue weighted by atomic mass is 35.5. The van der Waals surface area contributed by atoms with E-state index in [4.69, 9.17) is 16.3 Å². The lowest BCUT2D eigenvalue weighted by molar-refractivity contribution is 0.0737. The Hall–Kier alpha value is -3.18. The zero-order chi connectivity index (χ0) is 17.2. The molecule has 5 nitrogen and oxygen atoms in total. The van der Waals surface area contributed by atoms with E-state index in [1.165, 1.54) is 0 Å². The van der Waals surface area contributed by atoms with E-state index >= 15 is 0 Å². The molecule has 122 valence electrons. The van der Waals surface area contributed by atoms with Gasteiger partial charge in [-0.05, 0) is 30.3 Å². The predicted octanol–water partition coefficient (Wildman–Crippen LogP) is 4.29. The van der Waals surface area contributed by atoms with Crippen LogP contribution in [0.15, 0.2) is 73.2 Å². The number of carbonyl (C=O) groups excluding carboxylic acids is 1. The minimum Gasteiger partial charge on any atom is -0.421 e. The van der Waals surface area contributed by atoms with Gasteiger partial charge in [0.15, 0.2) is 5.75 Å². The van der Waals surface area contributed by atoms with Crippen molar-refractivity contribution in [3.05, 3.63) is 83.8 Å². The molecule has 0 radical (unpaired) electrons. The first-order valence-electron chi connectivity index (χ1n) is 7.58. The highest BCUT2D eigenvalue weighted by Gasteiger charge is 2.18. The van der Waals surface area contributed by atoms with Crippen LogP contribution in [0.3, 0.4) is 0 Å². The van der Waals surface area contributed by atoms with Crippen molar-refractivity contribution in [3.8, 4) is 11.7 Å². The lowest BCUT2D eigenvalue weighted by Gasteiger charge is -2.03. The molecule has 6 heteroatoms. The number of hydrogen-bond donors (Lipinski definition) is 0. The van der Waals surface area contributed by atoms with Crippen LogP contribution in [0, 0.1) is 0 Å². The van der Waals surface area contributed by atoms with Gasteiger partial charge in [0.05, 0.1) is 27.7 Å². The summed E-state index contributed by atoms with van der Waals surface area (Å²) in [6.45, 7) is 0. The van der Waals surface area contributed by atoms with E-state index in [9.17, 15) is 4.79 Å². The lowest BCUT2D eigenvalue weighted by Crippen LogP contribution is -2.07. The normalized spacial score (nSPS) is 10.8. The van der Waals surface area contributed by atoms with Gasteiger partial charge in [0.2, 0.25) is 5.95 Å². The molecular formula is C19H12ClN3O2. The SMILES string of the molecule is O=C(Oc1cn(-c2ncccn2)c2cccc(Cl)c12)c1ccccc1. The van der Waals surface area contributed by atoms with E-state index in [1.54, 1.807) is 59.6 Å². The van der Waals surface area contributed by atoms with Crippen LogP contribution in [0.2, 0.25) is 5.02 Å². The Morgan fingerprint density at radius 2 is 1.72 bits per heavy atom. The molecule has 0 aliphatic heterocycles. The number of halogens is 1. The second-order valence-corrected chi connectivity index (χ2v) is 5.71. The Morgan fingerprint density at radius 3 is 2.48 bits per heavy atom. The molecule has 0 amide bonds. The molecule has 4 rings (SSSR count). The quantitative estimate of drug-likeness (QED) is 0.518. The molecule has 0 aliphatic rings. The molecule has 0 aliphatic carbocycles. The number of fused-ring (bicyclic) bond motifs is 1. The van der Waals surface area contributed by atoms with Gasteiger partial charge in [-0.3, -0.25) is 4.57 Å². The van der Waals surface area contributed by atoms with Gasteiger partial charge in [0, 0.05) is 12.4 Å². The van der Waals surface area contributed by atoms with Crippen molar-refractivity contribution in [1.82, 2.24) is 14.5 Å². The van der Waals surface area contributed by atoms with Gasteiger partial charge in [0.1, 0.15) is 0 Å². The van der Waals surface area contributed by atoms with Gasteiger partial charge < -0.3 is 4.74 Å². The Bertz CT molecular complexity index is 1050. The number of ether oxygens (including phenoxy) is 1. The maximum atomic E-state index is 12.4. The Kier molecular flexibility index (Phi) is 3.91. The number of carbonyl (C=O) groups is 1. The summed E-state index contributed by atoms with van der Waals surface area (Å²) in [5, 5.41) is 1.13. The van der Waals surface area contributed by atoms with E-state index in [2.05, 4.69) is 9.97 Å². The standard InChI is InChI=1S/C19H12ClN3O2/c20-14-8-4-9-15-17(14)16(12-23(15)19-21-10-5-11-22-19)25-18(24)13-6-2-1-3-7-13/h1-12H. The van der Waals surface area contributed by atoms with E-state index in [1.807, 2.05) is 18.2 Å². The molecule has 0 N–H and O–H groups in total. The van der Waals surface area contributed by atoms with Gasteiger partial charge in [-0.25, -0.2) is 14.8 Å². The minimum absolute atomic E-state index is 0.363. The number of nitrogens with zero attached hydrogens (tertiary/aromatic N) is 3. The molecule has 25 heavy (non-hydrogen) atoms.